The van der Waals surface area contributed by atoms with E-state index in [1.54, 1.807) is 24.3 Å². The number of nitrogens with zero attached hydrogens (tertiary/aromatic N) is 1. The van der Waals surface area contributed by atoms with Gasteiger partial charge in [0.1, 0.15) is 11.6 Å². The van der Waals surface area contributed by atoms with Gasteiger partial charge in [0.15, 0.2) is 0 Å². The van der Waals surface area contributed by atoms with Crippen LogP contribution in [0.2, 0.25) is 0 Å². The maximum atomic E-state index is 13.2. The predicted molar refractivity (Wildman–Crippen MR) is 96.8 cm³/mol. The standard InChI is InChI=1S/C19H20F2N2O3S/c1-13-2-4-18(5-3-13)27(25,26)23-8-6-17(7-9-23)22-19(24)14-10-15(20)12-16(21)11-14/h2-5,10-12,17H,6-9H2,1H3,(H,22,24). The molecule has 1 saturated heterocycles. The molecule has 0 aromatic heterocycles. The van der Waals surface area contributed by atoms with Crippen molar-refractivity contribution in [3.8, 4) is 0 Å². The first kappa shape index (κ1) is 19.4. The van der Waals surface area contributed by atoms with E-state index in [0.717, 1.165) is 17.7 Å². The zero-order valence-electron chi connectivity index (χ0n) is 14.8. The number of rotatable bonds is 4. The Kier molecular flexibility index (Phi) is 5.57. The molecule has 0 spiro atoms. The van der Waals surface area contributed by atoms with Crippen LogP contribution >= 0.6 is 0 Å². The van der Waals surface area contributed by atoms with E-state index in [0.29, 0.717) is 18.9 Å². The predicted octanol–water partition coefficient (Wildman–Crippen LogP) is 2.86. The number of carbonyl (C=O) groups excluding carboxylic acids is 1. The van der Waals surface area contributed by atoms with Gasteiger partial charge in [-0.1, -0.05) is 17.7 Å². The van der Waals surface area contributed by atoms with Gasteiger partial charge in [-0.25, -0.2) is 17.2 Å². The average Bonchev–Trinajstić information content (AvgIpc) is 2.61. The fourth-order valence-corrected chi connectivity index (χ4v) is 4.52. The zero-order chi connectivity index (χ0) is 19.6. The van der Waals surface area contributed by atoms with Crippen LogP contribution in [0.4, 0.5) is 8.78 Å². The molecule has 5 nitrogen and oxygen atoms in total. The lowest BCUT2D eigenvalue weighted by Crippen LogP contribution is -2.46. The molecule has 0 aliphatic carbocycles. The van der Waals surface area contributed by atoms with Gasteiger partial charge in [0.05, 0.1) is 4.90 Å². The van der Waals surface area contributed by atoms with Crippen molar-refractivity contribution in [2.45, 2.75) is 30.7 Å². The van der Waals surface area contributed by atoms with Gasteiger partial charge in [0.2, 0.25) is 10.0 Å². The molecular weight excluding hydrogens is 374 g/mol. The summed E-state index contributed by atoms with van der Waals surface area (Å²) in [5.41, 5.74) is 0.881. The minimum atomic E-state index is -3.57. The number of hydrogen-bond acceptors (Lipinski definition) is 3. The van der Waals surface area contributed by atoms with Gasteiger partial charge in [0, 0.05) is 30.8 Å². The SMILES string of the molecule is Cc1ccc(S(=O)(=O)N2CCC(NC(=O)c3cc(F)cc(F)c3)CC2)cc1. The number of aryl methyl sites for hydroxylation is 1. The topological polar surface area (TPSA) is 66.5 Å². The van der Waals surface area contributed by atoms with Gasteiger partial charge in [0.25, 0.3) is 5.91 Å². The third-order valence-electron chi connectivity index (χ3n) is 4.57. The Hall–Kier alpha value is -2.32. The summed E-state index contributed by atoms with van der Waals surface area (Å²) in [6, 6.07) is 9.04. The number of sulfonamides is 1. The van der Waals surface area contributed by atoms with E-state index in [1.165, 1.54) is 4.31 Å². The molecule has 1 fully saturated rings. The van der Waals surface area contributed by atoms with Crippen molar-refractivity contribution in [1.29, 1.82) is 0 Å². The number of amides is 1. The Balaban J connectivity index is 1.61. The first-order valence-electron chi connectivity index (χ1n) is 8.59. The Morgan fingerprint density at radius 1 is 1.04 bits per heavy atom. The van der Waals surface area contributed by atoms with Crippen molar-refractivity contribution < 1.29 is 22.0 Å². The van der Waals surface area contributed by atoms with Gasteiger partial charge in [-0.05, 0) is 44.0 Å². The van der Waals surface area contributed by atoms with E-state index in [-0.39, 0.29) is 29.6 Å². The molecule has 1 aliphatic rings. The van der Waals surface area contributed by atoms with Crippen LogP contribution in [-0.4, -0.2) is 37.8 Å². The summed E-state index contributed by atoms with van der Waals surface area (Å²) < 4.78 is 53.2. The summed E-state index contributed by atoms with van der Waals surface area (Å²) in [6.07, 6.45) is 0.850. The highest BCUT2D eigenvalue weighted by atomic mass is 32.2. The number of piperidine rings is 1. The van der Waals surface area contributed by atoms with E-state index >= 15 is 0 Å². The Labute approximate surface area is 157 Å². The Bertz CT molecular complexity index is 918. The lowest BCUT2D eigenvalue weighted by Gasteiger charge is -2.31. The Morgan fingerprint density at radius 2 is 1.59 bits per heavy atom. The molecular formula is C19H20F2N2O3S. The van der Waals surface area contributed by atoms with Crippen LogP contribution in [0.3, 0.4) is 0 Å². The van der Waals surface area contributed by atoms with Crippen LogP contribution in [0.15, 0.2) is 47.4 Å². The molecule has 3 rings (SSSR count). The summed E-state index contributed by atoms with van der Waals surface area (Å²) >= 11 is 0. The van der Waals surface area contributed by atoms with Crippen LogP contribution in [0.25, 0.3) is 0 Å². The van der Waals surface area contributed by atoms with Crippen molar-refractivity contribution in [3.05, 3.63) is 65.2 Å². The monoisotopic (exact) mass is 394 g/mol. The second-order valence-electron chi connectivity index (χ2n) is 6.62. The molecule has 0 saturated carbocycles. The largest absolute Gasteiger partial charge is 0.349 e. The van der Waals surface area contributed by atoms with Gasteiger partial charge in [-0.2, -0.15) is 4.31 Å². The summed E-state index contributed by atoms with van der Waals surface area (Å²) in [5, 5.41) is 2.72. The average molecular weight is 394 g/mol. The molecule has 2 aromatic carbocycles. The highest BCUT2D eigenvalue weighted by Crippen LogP contribution is 2.21. The van der Waals surface area contributed by atoms with Crippen LogP contribution < -0.4 is 5.32 Å². The molecule has 27 heavy (non-hydrogen) atoms. The number of nitrogens with one attached hydrogen (secondary N) is 1. The zero-order valence-corrected chi connectivity index (χ0v) is 15.6. The van der Waals surface area contributed by atoms with Crippen molar-refractivity contribution >= 4 is 15.9 Å². The van der Waals surface area contributed by atoms with Gasteiger partial charge in [-0.3, -0.25) is 4.79 Å². The third-order valence-corrected chi connectivity index (χ3v) is 6.49. The molecule has 8 heteroatoms. The molecule has 2 aromatic rings. The van der Waals surface area contributed by atoms with E-state index in [1.807, 2.05) is 6.92 Å². The molecule has 0 atom stereocenters. The lowest BCUT2D eigenvalue weighted by molar-refractivity contribution is 0.0923. The number of benzene rings is 2. The lowest BCUT2D eigenvalue weighted by atomic mass is 10.1. The minimum absolute atomic E-state index is 0.0952. The molecule has 144 valence electrons. The maximum Gasteiger partial charge on any atom is 0.251 e. The van der Waals surface area contributed by atoms with Crippen molar-refractivity contribution in [2.24, 2.45) is 0 Å². The maximum absolute atomic E-state index is 13.2. The van der Waals surface area contributed by atoms with E-state index in [2.05, 4.69) is 5.32 Å². The van der Waals surface area contributed by atoms with Crippen LogP contribution in [0.1, 0.15) is 28.8 Å². The Morgan fingerprint density at radius 3 is 2.15 bits per heavy atom. The quantitative estimate of drug-likeness (QED) is 0.867. The molecule has 0 radical (unpaired) electrons. The van der Waals surface area contributed by atoms with Gasteiger partial charge < -0.3 is 5.32 Å². The van der Waals surface area contributed by atoms with Gasteiger partial charge >= 0.3 is 0 Å². The molecule has 0 bridgehead atoms. The van der Waals surface area contributed by atoms with Crippen LogP contribution in [0.5, 0.6) is 0 Å². The number of carbonyl (C=O) groups is 1. The number of halogens is 2. The summed E-state index contributed by atoms with van der Waals surface area (Å²) in [4.78, 5) is 12.4. The van der Waals surface area contributed by atoms with Crippen LogP contribution in [0, 0.1) is 18.6 Å². The molecule has 0 unspecified atom stereocenters. The first-order chi connectivity index (χ1) is 12.8. The second-order valence-corrected chi connectivity index (χ2v) is 8.56. The summed E-state index contributed by atoms with van der Waals surface area (Å²) in [5.74, 6) is -2.22. The van der Waals surface area contributed by atoms with E-state index < -0.39 is 27.6 Å². The van der Waals surface area contributed by atoms with Crippen molar-refractivity contribution in [2.75, 3.05) is 13.1 Å². The molecule has 1 amide bonds. The first-order valence-corrected chi connectivity index (χ1v) is 10.0. The molecule has 1 aliphatic heterocycles. The van der Waals surface area contributed by atoms with Gasteiger partial charge in [-0.15, -0.1) is 0 Å². The molecule has 1 heterocycles. The van der Waals surface area contributed by atoms with E-state index in [9.17, 15) is 22.0 Å². The summed E-state index contributed by atoms with van der Waals surface area (Å²) in [6.45, 7) is 2.41. The highest BCUT2D eigenvalue weighted by Gasteiger charge is 2.30. The minimum Gasteiger partial charge on any atom is -0.349 e. The second kappa shape index (κ2) is 7.74. The van der Waals surface area contributed by atoms with Crippen LogP contribution in [-0.2, 0) is 10.0 Å². The fraction of sp³-hybridized carbons (Fsp3) is 0.316. The smallest absolute Gasteiger partial charge is 0.251 e. The summed E-state index contributed by atoms with van der Waals surface area (Å²) in [7, 11) is -3.57. The van der Waals surface area contributed by atoms with Crippen molar-refractivity contribution in [1.82, 2.24) is 9.62 Å². The molecule has 1 N–H and O–H groups in total. The highest BCUT2D eigenvalue weighted by molar-refractivity contribution is 7.89. The van der Waals surface area contributed by atoms with E-state index in [4.69, 9.17) is 0 Å². The fourth-order valence-electron chi connectivity index (χ4n) is 3.05. The third kappa shape index (κ3) is 4.51. The normalized spacial score (nSPS) is 16.3. The number of hydrogen-bond donors (Lipinski definition) is 1. The van der Waals surface area contributed by atoms with Crippen molar-refractivity contribution in [3.63, 3.8) is 0 Å².